The average molecular weight is 324 g/mol. The molecule has 0 bridgehead atoms. The van der Waals surface area contributed by atoms with Crippen LogP contribution in [0.1, 0.15) is 26.0 Å². The first kappa shape index (κ1) is 16.3. The van der Waals surface area contributed by atoms with Crippen LogP contribution < -0.4 is 5.32 Å². The standard InChI is InChI=1S/C15H18ClN3O3/c1-3-9(2)14(15(21)22)18-13(20)6-11-8-19-7-10(16)4-5-12(19)17-11/h4-5,7-9,14H,3,6H2,1-2H3,(H,18,20)(H,21,22). The smallest absolute Gasteiger partial charge is 0.326 e. The topological polar surface area (TPSA) is 83.7 Å². The zero-order valence-corrected chi connectivity index (χ0v) is 13.2. The van der Waals surface area contributed by atoms with Crippen molar-refractivity contribution >= 4 is 29.1 Å². The van der Waals surface area contributed by atoms with Gasteiger partial charge >= 0.3 is 5.97 Å². The summed E-state index contributed by atoms with van der Waals surface area (Å²) in [6.45, 7) is 3.69. The molecule has 22 heavy (non-hydrogen) atoms. The van der Waals surface area contributed by atoms with Crippen molar-refractivity contribution in [1.29, 1.82) is 0 Å². The van der Waals surface area contributed by atoms with Gasteiger partial charge in [0, 0.05) is 12.4 Å². The molecule has 7 heteroatoms. The minimum atomic E-state index is -1.02. The zero-order valence-electron chi connectivity index (χ0n) is 12.4. The number of carbonyl (C=O) groups excluding carboxylic acids is 1. The lowest BCUT2D eigenvalue weighted by molar-refractivity contribution is -0.143. The summed E-state index contributed by atoms with van der Waals surface area (Å²) < 4.78 is 1.73. The van der Waals surface area contributed by atoms with E-state index in [-0.39, 0.29) is 18.2 Å². The summed E-state index contributed by atoms with van der Waals surface area (Å²) in [7, 11) is 0. The van der Waals surface area contributed by atoms with Crippen molar-refractivity contribution in [3.8, 4) is 0 Å². The van der Waals surface area contributed by atoms with Crippen LogP contribution in [0.25, 0.3) is 5.65 Å². The van der Waals surface area contributed by atoms with Crippen LogP contribution >= 0.6 is 11.6 Å². The molecule has 0 saturated heterocycles. The van der Waals surface area contributed by atoms with Crippen LogP contribution in [0.5, 0.6) is 0 Å². The van der Waals surface area contributed by atoms with Crippen LogP contribution in [0.3, 0.4) is 0 Å². The summed E-state index contributed by atoms with van der Waals surface area (Å²) in [6.07, 6.45) is 4.11. The van der Waals surface area contributed by atoms with Gasteiger partial charge in [0.25, 0.3) is 0 Å². The van der Waals surface area contributed by atoms with Gasteiger partial charge in [-0.3, -0.25) is 4.79 Å². The molecule has 2 N–H and O–H groups in total. The lowest BCUT2D eigenvalue weighted by atomic mass is 9.99. The molecule has 1 amide bonds. The van der Waals surface area contributed by atoms with Crippen LogP contribution in [0, 0.1) is 5.92 Å². The number of aromatic nitrogens is 2. The van der Waals surface area contributed by atoms with Crippen molar-refractivity contribution in [1.82, 2.24) is 14.7 Å². The molecular formula is C15H18ClN3O3. The normalized spacial score (nSPS) is 13.8. The van der Waals surface area contributed by atoms with E-state index in [0.29, 0.717) is 22.8 Å². The van der Waals surface area contributed by atoms with Crippen LogP contribution in [0.15, 0.2) is 24.5 Å². The molecule has 2 aromatic heterocycles. The number of hydrogen-bond acceptors (Lipinski definition) is 3. The van der Waals surface area contributed by atoms with Crippen LogP contribution in [0.4, 0.5) is 0 Å². The third-order valence-electron chi connectivity index (χ3n) is 3.60. The van der Waals surface area contributed by atoms with E-state index in [1.807, 2.05) is 6.92 Å². The summed E-state index contributed by atoms with van der Waals surface area (Å²) in [4.78, 5) is 27.6. The van der Waals surface area contributed by atoms with Gasteiger partial charge in [-0.15, -0.1) is 0 Å². The highest BCUT2D eigenvalue weighted by atomic mass is 35.5. The first-order valence-electron chi connectivity index (χ1n) is 7.06. The summed E-state index contributed by atoms with van der Waals surface area (Å²) in [6, 6.07) is 2.59. The highest BCUT2D eigenvalue weighted by molar-refractivity contribution is 6.30. The highest BCUT2D eigenvalue weighted by Gasteiger charge is 2.25. The molecule has 0 aliphatic rings. The van der Waals surface area contributed by atoms with Crippen molar-refractivity contribution < 1.29 is 14.7 Å². The molecule has 2 atom stereocenters. The number of imidazole rings is 1. The van der Waals surface area contributed by atoms with Crippen molar-refractivity contribution in [2.24, 2.45) is 5.92 Å². The first-order valence-corrected chi connectivity index (χ1v) is 7.43. The number of amides is 1. The maximum absolute atomic E-state index is 12.0. The number of nitrogens with one attached hydrogen (secondary N) is 1. The number of halogens is 1. The molecule has 0 spiro atoms. The molecular weight excluding hydrogens is 306 g/mol. The van der Waals surface area contributed by atoms with E-state index in [0.717, 1.165) is 0 Å². The first-order chi connectivity index (χ1) is 10.4. The lowest BCUT2D eigenvalue weighted by Gasteiger charge is -2.19. The third-order valence-corrected chi connectivity index (χ3v) is 3.83. The second-order valence-corrected chi connectivity index (χ2v) is 5.73. The summed E-state index contributed by atoms with van der Waals surface area (Å²) in [5.74, 6) is -1.52. The summed E-state index contributed by atoms with van der Waals surface area (Å²) in [5, 5.41) is 12.3. The molecule has 118 valence electrons. The fourth-order valence-electron chi connectivity index (χ4n) is 2.17. The van der Waals surface area contributed by atoms with Crippen LogP contribution in [0.2, 0.25) is 5.02 Å². The number of hydrogen-bond donors (Lipinski definition) is 2. The van der Waals surface area contributed by atoms with E-state index in [1.54, 1.807) is 35.9 Å². The Labute approximate surface area is 133 Å². The molecule has 6 nitrogen and oxygen atoms in total. The van der Waals surface area contributed by atoms with Gasteiger partial charge < -0.3 is 14.8 Å². The molecule has 0 aromatic carbocycles. The Morgan fingerprint density at radius 2 is 2.14 bits per heavy atom. The Hall–Kier alpha value is -2.08. The number of fused-ring (bicyclic) bond motifs is 1. The van der Waals surface area contributed by atoms with E-state index in [1.165, 1.54) is 0 Å². The predicted molar refractivity (Wildman–Crippen MR) is 82.9 cm³/mol. The van der Waals surface area contributed by atoms with Crippen LogP contribution in [-0.4, -0.2) is 32.4 Å². The van der Waals surface area contributed by atoms with Crippen molar-refractivity contribution in [2.75, 3.05) is 0 Å². The Balaban J connectivity index is 2.08. The minimum Gasteiger partial charge on any atom is -0.480 e. The van der Waals surface area contributed by atoms with Crippen molar-refractivity contribution in [3.05, 3.63) is 35.2 Å². The quantitative estimate of drug-likeness (QED) is 0.853. The summed E-state index contributed by atoms with van der Waals surface area (Å²) >= 11 is 5.89. The monoisotopic (exact) mass is 323 g/mol. The van der Waals surface area contributed by atoms with Gasteiger partial charge in [-0.1, -0.05) is 31.9 Å². The molecule has 0 fully saturated rings. The number of carboxylic acids is 1. The second-order valence-electron chi connectivity index (χ2n) is 5.29. The number of nitrogens with zero attached hydrogens (tertiary/aromatic N) is 2. The molecule has 0 aliphatic heterocycles. The molecule has 2 heterocycles. The predicted octanol–water partition coefficient (Wildman–Crippen LogP) is 2.15. The number of carboxylic acid groups (broad SMARTS) is 1. The van der Waals surface area contributed by atoms with Crippen molar-refractivity contribution in [3.63, 3.8) is 0 Å². The largest absolute Gasteiger partial charge is 0.480 e. The number of carbonyl (C=O) groups is 2. The van der Waals surface area contributed by atoms with Gasteiger partial charge in [0.1, 0.15) is 11.7 Å². The van der Waals surface area contributed by atoms with Gasteiger partial charge in [0.15, 0.2) is 0 Å². The lowest BCUT2D eigenvalue weighted by Crippen LogP contribution is -2.45. The fraction of sp³-hybridized carbons (Fsp3) is 0.400. The van der Waals surface area contributed by atoms with Gasteiger partial charge in [-0.25, -0.2) is 9.78 Å². The third kappa shape index (κ3) is 3.76. The maximum atomic E-state index is 12.0. The SMILES string of the molecule is CCC(C)C(NC(=O)Cc1cn2cc(Cl)ccc2n1)C(=O)O. The number of pyridine rings is 1. The number of aliphatic carboxylic acids is 1. The number of rotatable bonds is 6. The van der Waals surface area contributed by atoms with E-state index < -0.39 is 12.0 Å². The maximum Gasteiger partial charge on any atom is 0.326 e. The Bertz CT molecular complexity index is 698. The zero-order chi connectivity index (χ0) is 16.3. The van der Waals surface area contributed by atoms with Gasteiger partial charge in [-0.05, 0) is 18.1 Å². The Kier molecular flexibility index (Phi) is 5.03. The molecule has 2 unspecified atom stereocenters. The van der Waals surface area contributed by atoms with Gasteiger partial charge in [-0.2, -0.15) is 0 Å². The second kappa shape index (κ2) is 6.79. The minimum absolute atomic E-state index is 0.0273. The highest BCUT2D eigenvalue weighted by Crippen LogP contribution is 2.12. The molecule has 2 aromatic rings. The fourth-order valence-corrected chi connectivity index (χ4v) is 2.34. The Morgan fingerprint density at radius 1 is 1.41 bits per heavy atom. The average Bonchev–Trinajstić information content (AvgIpc) is 2.84. The summed E-state index contributed by atoms with van der Waals surface area (Å²) in [5.41, 5.74) is 1.25. The van der Waals surface area contributed by atoms with E-state index in [2.05, 4.69) is 10.3 Å². The van der Waals surface area contributed by atoms with Gasteiger partial charge in [0.05, 0.1) is 17.1 Å². The molecule has 2 rings (SSSR count). The van der Waals surface area contributed by atoms with E-state index in [4.69, 9.17) is 11.6 Å². The van der Waals surface area contributed by atoms with Crippen molar-refractivity contribution in [2.45, 2.75) is 32.7 Å². The molecule has 0 radical (unpaired) electrons. The van der Waals surface area contributed by atoms with Gasteiger partial charge in [0.2, 0.25) is 5.91 Å². The van der Waals surface area contributed by atoms with E-state index >= 15 is 0 Å². The molecule has 0 aliphatic carbocycles. The van der Waals surface area contributed by atoms with Crippen LogP contribution in [-0.2, 0) is 16.0 Å². The molecule has 0 saturated carbocycles. The Morgan fingerprint density at radius 3 is 2.77 bits per heavy atom. The van der Waals surface area contributed by atoms with E-state index in [9.17, 15) is 14.7 Å².